The van der Waals surface area contributed by atoms with Gasteiger partial charge in [-0.25, -0.2) is 4.79 Å². The molecule has 0 bridgehead atoms. The van der Waals surface area contributed by atoms with Crippen molar-refractivity contribution in [3.63, 3.8) is 0 Å². The molecule has 3 aromatic rings. The number of carbonyl (C=O) groups excluding carboxylic acids is 1. The Bertz CT molecular complexity index is 1050. The van der Waals surface area contributed by atoms with E-state index in [0.717, 1.165) is 41.3 Å². The average Bonchev–Trinajstić information content (AvgIpc) is 3.37. The summed E-state index contributed by atoms with van der Waals surface area (Å²) in [4.78, 5) is 18.5. The van der Waals surface area contributed by atoms with Gasteiger partial charge in [-0.1, -0.05) is 6.07 Å². The fourth-order valence-corrected chi connectivity index (χ4v) is 4.11. The van der Waals surface area contributed by atoms with E-state index in [9.17, 15) is 4.79 Å². The fraction of sp³-hybridized carbons (Fsp3) is 0.333. The van der Waals surface area contributed by atoms with Gasteiger partial charge in [-0.15, -0.1) is 0 Å². The standard InChI is InChI=1S/C27H30N2O4/c1-3-32-27(30)21-10-12-22(13-11-21)29(19-20-7-6-16-28-18-20)23-14-15-25(31-2)26(17-23)33-24-8-4-5-9-24/h6-7,10-18,24H,3-5,8-9,19H2,1-2H3. The molecule has 0 amide bonds. The van der Waals surface area contributed by atoms with Gasteiger partial charge in [0, 0.05) is 36.4 Å². The Kier molecular flexibility index (Phi) is 7.45. The molecule has 6 nitrogen and oxygen atoms in total. The van der Waals surface area contributed by atoms with Gasteiger partial charge >= 0.3 is 5.97 Å². The predicted octanol–water partition coefficient (Wildman–Crippen LogP) is 5.93. The van der Waals surface area contributed by atoms with Crippen LogP contribution in [-0.2, 0) is 11.3 Å². The second kappa shape index (κ2) is 10.9. The summed E-state index contributed by atoms with van der Waals surface area (Å²) in [5.74, 6) is 1.16. The van der Waals surface area contributed by atoms with Crippen LogP contribution in [0.15, 0.2) is 67.0 Å². The Hall–Kier alpha value is -3.54. The molecule has 1 heterocycles. The Labute approximate surface area is 195 Å². The third-order valence-corrected chi connectivity index (χ3v) is 5.81. The molecule has 4 rings (SSSR count). The van der Waals surface area contributed by atoms with Crippen LogP contribution in [0.5, 0.6) is 11.5 Å². The lowest BCUT2D eigenvalue weighted by atomic mass is 10.1. The number of esters is 1. The summed E-state index contributed by atoms with van der Waals surface area (Å²) in [5.41, 5.74) is 3.52. The summed E-state index contributed by atoms with van der Waals surface area (Å²) in [6.07, 6.45) is 8.40. The minimum atomic E-state index is -0.320. The number of aromatic nitrogens is 1. The molecule has 2 aromatic carbocycles. The molecule has 0 spiro atoms. The highest BCUT2D eigenvalue weighted by Gasteiger charge is 2.20. The van der Waals surface area contributed by atoms with Crippen LogP contribution >= 0.6 is 0 Å². The van der Waals surface area contributed by atoms with Gasteiger partial charge in [-0.2, -0.15) is 0 Å². The number of carbonyl (C=O) groups is 1. The molecular formula is C27H30N2O4. The summed E-state index contributed by atoms with van der Waals surface area (Å²) >= 11 is 0. The highest BCUT2D eigenvalue weighted by atomic mass is 16.5. The molecule has 1 fully saturated rings. The zero-order valence-corrected chi connectivity index (χ0v) is 19.2. The Balaban J connectivity index is 1.68. The largest absolute Gasteiger partial charge is 0.493 e. The van der Waals surface area contributed by atoms with Crippen molar-refractivity contribution in [1.29, 1.82) is 0 Å². The molecule has 0 radical (unpaired) electrons. The van der Waals surface area contributed by atoms with Crippen molar-refractivity contribution < 1.29 is 19.0 Å². The minimum Gasteiger partial charge on any atom is -0.493 e. The van der Waals surface area contributed by atoms with Crippen LogP contribution in [0.3, 0.4) is 0 Å². The van der Waals surface area contributed by atoms with Crippen molar-refractivity contribution in [2.75, 3.05) is 18.6 Å². The number of anilines is 2. The molecule has 33 heavy (non-hydrogen) atoms. The van der Waals surface area contributed by atoms with Gasteiger partial charge in [0.05, 0.1) is 25.4 Å². The minimum absolute atomic E-state index is 0.227. The second-order valence-corrected chi connectivity index (χ2v) is 8.07. The molecule has 0 atom stereocenters. The molecule has 1 aromatic heterocycles. The third kappa shape index (κ3) is 5.64. The molecule has 0 saturated heterocycles. The number of hydrogen-bond acceptors (Lipinski definition) is 6. The van der Waals surface area contributed by atoms with E-state index in [0.29, 0.717) is 18.7 Å². The first-order valence-corrected chi connectivity index (χ1v) is 11.5. The smallest absolute Gasteiger partial charge is 0.338 e. The lowest BCUT2D eigenvalue weighted by Gasteiger charge is -2.27. The quantitative estimate of drug-likeness (QED) is 0.380. The SMILES string of the molecule is CCOC(=O)c1ccc(N(Cc2cccnc2)c2ccc(OC)c(OC3CCCC3)c2)cc1. The van der Waals surface area contributed by atoms with Crippen molar-refractivity contribution in [2.24, 2.45) is 0 Å². The maximum atomic E-state index is 12.1. The van der Waals surface area contributed by atoms with Crippen LogP contribution in [0.2, 0.25) is 0 Å². The van der Waals surface area contributed by atoms with Gasteiger partial charge in [0.15, 0.2) is 11.5 Å². The number of nitrogens with zero attached hydrogens (tertiary/aromatic N) is 2. The first kappa shape index (κ1) is 22.6. The van der Waals surface area contributed by atoms with Crippen LogP contribution < -0.4 is 14.4 Å². The fourth-order valence-electron chi connectivity index (χ4n) is 4.11. The van der Waals surface area contributed by atoms with E-state index in [-0.39, 0.29) is 12.1 Å². The third-order valence-electron chi connectivity index (χ3n) is 5.81. The second-order valence-electron chi connectivity index (χ2n) is 8.07. The van der Waals surface area contributed by atoms with Crippen molar-refractivity contribution in [2.45, 2.75) is 45.3 Å². The summed E-state index contributed by atoms with van der Waals surface area (Å²) in [6, 6.07) is 17.4. The van der Waals surface area contributed by atoms with E-state index in [2.05, 4.69) is 9.88 Å². The average molecular weight is 447 g/mol. The van der Waals surface area contributed by atoms with Crippen LogP contribution in [0.4, 0.5) is 11.4 Å². The van der Waals surface area contributed by atoms with Gasteiger partial charge in [0.1, 0.15) is 0 Å². The van der Waals surface area contributed by atoms with E-state index in [1.54, 1.807) is 32.4 Å². The zero-order chi connectivity index (χ0) is 23.0. The monoisotopic (exact) mass is 446 g/mol. The number of pyridine rings is 1. The number of benzene rings is 2. The van der Waals surface area contributed by atoms with E-state index < -0.39 is 0 Å². The first-order chi connectivity index (χ1) is 16.2. The first-order valence-electron chi connectivity index (χ1n) is 11.5. The van der Waals surface area contributed by atoms with Crippen LogP contribution in [0.25, 0.3) is 0 Å². The topological polar surface area (TPSA) is 60.9 Å². The Morgan fingerprint density at radius 1 is 1.03 bits per heavy atom. The van der Waals surface area contributed by atoms with Crippen molar-refractivity contribution in [1.82, 2.24) is 4.98 Å². The molecule has 172 valence electrons. The van der Waals surface area contributed by atoms with E-state index in [1.165, 1.54) is 12.8 Å². The number of methoxy groups -OCH3 is 1. The number of rotatable bonds is 9. The van der Waals surface area contributed by atoms with Crippen molar-refractivity contribution in [3.05, 3.63) is 78.1 Å². The maximum absolute atomic E-state index is 12.1. The van der Waals surface area contributed by atoms with Crippen molar-refractivity contribution >= 4 is 17.3 Å². The maximum Gasteiger partial charge on any atom is 0.338 e. The van der Waals surface area contributed by atoms with E-state index in [1.807, 2.05) is 48.7 Å². The van der Waals surface area contributed by atoms with Crippen LogP contribution in [0.1, 0.15) is 48.5 Å². The number of ether oxygens (including phenoxy) is 3. The summed E-state index contributed by atoms with van der Waals surface area (Å²) in [5, 5.41) is 0. The highest BCUT2D eigenvalue weighted by molar-refractivity contribution is 5.90. The van der Waals surface area contributed by atoms with Gasteiger partial charge < -0.3 is 19.1 Å². The normalized spacial score (nSPS) is 13.5. The van der Waals surface area contributed by atoms with Crippen molar-refractivity contribution in [3.8, 4) is 11.5 Å². The van der Waals surface area contributed by atoms with Gasteiger partial charge in [0.25, 0.3) is 0 Å². The molecule has 1 aliphatic rings. The van der Waals surface area contributed by atoms with E-state index >= 15 is 0 Å². The zero-order valence-electron chi connectivity index (χ0n) is 19.2. The molecule has 0 aliphatic heterocycles. The summed E-state index contributed by atoms with van der Waals surface area (Å²) in [7, 11) is 1.66. The molecule has 0 N–H and O–H groups in total. The molecule has 1 saturated carbocycles. The van der Waals surface area contributed by atoms with E-state index in [4.69, 9.17) is 14.2 Å². The number of hydrogen-bond donors (Lipinski definition) is 0. The Morgan fingerprint density at radius 3 is 2.45 bits per heavy atom. The van der Waals surface area contributed by atoms with Crippen LogP contribution in [0, 0.1) is 0 Å². The lowest BCUT2D eigenvalue weighted by molar-refractivity contribution is 0.0526. The predicted molar refractivity (Wildman–Crippen MR) is 128 cm³/mol. The molecule has 6 heteroatoms. The van der Waals surface area contributed by atoms with Gasteiger partial charge in [-0.05, 0) is 80.6 Å². The van der Waals surface area contributed by atoms with Gasteiger partial charge in [-0.3, -0.25) is 4.98 Å². The summed E-state index contributed by atoms with van der Waals surface area (Å²) in [6.45, 7) is 2.77. The highest BCUT2D eigenvalue weighted by Crippen LogP contribution is 2.37. The molecule has 1 aliphatic carbocycles. The van der Waals surface area contributed by atoms with Crippen LogP contribution in [-0.4, -0.2) is 30.8 Å². The Morgan fingerprint density at radius 2 is 1.79 bits per heavy atom. The lowest BCUT2D eigenvalue weighted by Crippen LogP contribution is -2.18. The molecular weight excluding hydrogens is 416 g/mol. The molecule has 0 unspecified atom stereocenters. The summed E-state index contributed by atoms with van der Waals surface area (Å²) < 4.78 is 17.0. The van der Waals surface area contributed by atoms with Gasteiger partial charge in [0.2, 0.25) is 0 Å².